The molecule has 3 heterocycles. The van der Waals surface area contributed by atoms with E-state index in [0.29, 0.717) is 5.92 Å². The van der Waals surface area contributed by atoms with Gasteiger partial charge in [0.25, 0.3) is 0 Å². The third kappa shape index (κ3) is 1.49. The van der Waals surface area contributed by atoms with E-state index in [1.807, 2.05) is 0 Å². The summed E-state index contributed by atoms with van der Waals surface area (Å²) in [5.74, 6) is -1.42. The molecule has 26 heavy (non-hydrogen) atoms. The van der Waals surface area contributed by atoms with Crippen molar-refractivity contribution in [2.45, 2.75) is 52.4 Å². The van der Waals surface area contributed by atoms with Crippen LogP contribution in [0, 0.1) is 73.4 Å². The first-order chi connectivity index (χ1) is 12.1. The van der Waals surface area contributed by atoms with Crippen molar-refractivity contribution in [1.29, 1.82) is 21.2 Å². The van der Waals surface area contributed by atoms with E-state index in [9.17, 15) is 15.8 Å². The molecule has 1 N–H and O–H groups in total. The number of nitrogens with zero attached hydrogens (tertiary/aromatic N) is 3. The fraction of sp³-hybridized carbons (Fsp3) is 0.700. The van der Waals surface area contributed by atoms with Crippen LogP contribution in [0.3, 0.4) is 0 Å². The lowest BCUT2D eigenvalue weighted by Gasteiger charge is -2.64. The van der Waals surface area contributed by atoms with Crippen LogP contribution in [-0.4, -0.2) is 17.8 Å². The molecule has 6 rings (SSSR count). The topological polar surface area (TPSA) is 114 Å². The molecular formula is C20H22N4O2. The zero-order chi connectivity index (χ0) is 19.1. The molecule has 6 atom stereocenters. The van der Waals surface area contributed by atoms with Crippen LogP contribution in [0.5, 0.6) is 0 Å². The molecule has 0 unspecified atom stereocenters. The molecule has 4 bridgehead atoms. The number of hydrogen-bond donors (Lipinski definition) is 1. The highest BCUT2D eigenvalue weighted by Gasteiger charge is 2.79. The Morgan fingerprint density at radius 2 is 1.81 bits per heavy atom. The van der Waals surface area contributed by atoms with Gasteiger partial charge in [-0.05, 0) is 35.7 Å². The Labute approximate surface area is 153 Å². The largest absolute Gasteiger partial charge is 0.448 e. The SMILES string of the molecule is C[C@H]1C(C#N)(C#N)[C@@]2(C#N)C(=N)O[C@@]1(C)O[C@@H]2C1=CC[C@@H]2C[C@@H]1C2(C)C. The maximum atomic E-state index is 10.2. The number of hydrogen-bond acceptors (Lipinski definition) is 6. The van der Waals surface area contributed by atoms with E-state index in [4.69, 9.17) is 14.9 Å². The van der Waals surface area contributed by atoms with Crippen molar-refractivity contribution in [3.8, 4) is 18.2 Å². The highest BCUT2D eigenvalue weighted by Crippen LogP contribution is 2.67. The lowest BCUT2D eigenvalue weighted by molar-refractivity contribution is -0.329. The van der Waals surface area contributed by atoms with Gasteiger partial charge >= 0.3 is 0 Å². The molecule has 6 aliphatic rings. The summed E-state index contributed by atoms with van der Waals surface area (Å²) in [5, 5.41) is 38.7. The number of rotatable bonds is 1. The van der Waals surface area contributed by atoms with Crippen molar-refractivity contribution in [3.63, 3.8) is 0 Å². The second-order valence-electron chi connectivity index (χ2n) is 8.86. The molecule has 134 valence electrons. The van der Waals surface area contributed by atoms with Gasteiger partial charge in [0.15, 0.2) is 10.8 Å². The summed E-state index contributed by atoms with van der Waals surface area (Å²) in [7, 11) is 0. The van der Waals surface area contributed by atoms with Gasteiger partial charge in [-0.2, -0.15) is 15.8 Å². The molecule has 0 radical (unpaired) electrons. The molecule has 0 aromatic carbocycles. The van der Waals surface area contributed by atoms with Crippen molar-refractivity contribution in [1.82, 2.24) is 0 Å². The van der Waals surface area contributed by atoms with Gasteiger partial charge in [0.2, 0.25) is 11.7 Å². The van der Waals surface area contributed by atoms with Crippen LogP contribution in [0.15, 0.2) is 11.6 Å². The Kier molecular flexibility index (Phi) is 3.07. The Balaban J connectivity index is 1.94. The monoisotopic (exact) mass is 350 g/mol. The highest BCUT2D eigenvalue weighted by atomic mass is 16.7. The van der Waals surface area contributed by atoms with E-state index in [1.54, 1.807) is 13.8 Å². The zero-order valence-corrected chi connectivity index (χ0v) is 15.5. The maximum Gasteiger partial charge on any atom is 0.215 e. The average Bonchev–Trinajstić information content (AvgIpc) is 2.63. The summed E-state index contributed by atoms with van der Waals surface area (Å²) in [6.45, 7) is 7.79. The fourth-order valence-corrected chi connectivity index (χ4v) is 5.66. The van der Waals surface area contributed by atoms with Crippen LogP contribution in [0.25, 0.3) is 0 Å². The number of ether oxygens (including phenoxy) is 2. The Bertz CT molecular complexity index is 856. The second kappa shape index (κ2) is 4.67. The van der Waals surface area contributed by atoms with Crippen LogP contribution < -0.4 is 0 Å². The summed E-state index contributed by atoms with van der Waals surface area (Å²) < 4.78 is 11.9. The van der Waals surface area contributed by atoms with Crippen molar-refractivity contribution >= 4 is 5.90 Å². The van der Waals surface area contributed by atoms with Gasteiger partial charge in [-0.15, -0.1) is 0 Å². The van der Waals surface area contributed by atoms with Gasteiger partial charge in [-0.25, -0.2) is 0 Å². The summed E-state index contributed by atoms with van der Waals surface area (Å²) in [6, 6.07) is 6.35. The fourth-order valence-electron chi connectivity index (χ4n) is 5.66. The van der Waals surface area contributed by atoms with E-state index in [0.717, 1.165) is 18.4 Å². The molecular weight excluding hydrogens is 328 g/mol. The smallest absolute Gasteiger partial charge is 0.215 e. The van der Waals surface area contributed by atoms with Crippen molar-refractivity contribution in [2.75, 3.05) is 0 Å². The van der Waals surface area contributed by atoms with Crippen LogP contribution in [0.2, 0.25) is 0 Å². The molecule has 4 fully saturated rings. The summed E-state index contributed by atoms with van der Waals surface area (Å²) in [4.78, 5) is 0. The highest BCUT2D eigenvalue weighted by molar-refractivity contribution is 5.89. The van der Waals surface area contributed by atoms with Gasteiger partial charge in [-0.1, -0.05) is 26.8 Å². The Morgan fingerprint density at radius 3 is 2.31 bits per heavy atom. The number of nitrogens with one attached hydrogen (secondary N) is 1. The molecule has 3 aliphatic heterocycles. The second-order valence-corrected chi connectivity index (χ2v) is 8.86. The van der Waals surface area contributed by atoms with Gasteiger partial charge < -0.3 is 9.47 Å². The molecule has 0 spiro atoms. The first-order valence-corrected chi connectivity index (χ1v) is 9.04. The lowest BCUT2D eigenvalue weighted by atomic mass is 9.44. The Morgan fingerprint density at radius 1 is 1.15 bits per heavy atom. The third-order valence-corrected chi connectivity index (χ3v) is 7.81. The molecule has 0 amide bonds. The predicted molar refractivity (Wildman–Crippen MR) is 91.0 cm³/mol. The molecule has 0 aromatic rings. The summed E-state index contributed by atoms with van der Waals surface area (Å²) >= 11 is 0. The van der Waals surface area contributed by atoms with Crippen LogP contribution in [0.4, 0.5) is 0 Å². The minimum Gasteiger partial charge on any atom is -0.448 e. The Hall–Kier alpha value is -2.36. The molecule has 3 aliphatic carbocycles. The van der Waals surface area contributed by atoms with Gasteiger partial charge in [-0.3, -0.25) is 5.41 Å². The first kappa shape index (κ1) is 17.1. The minimum absolute atomic E-state index is 0.0955. The van der Waals surface area contributed by atoms with E-state index in [2.05, 4.69) is 38.1 Å². The zero-order valence-electron chi connectivity index (χ0n) is 15.5. The molecule has 6 heteroatoms. The summed E-state index contributed by atoms with van der Waals surface area (Å²) in [5.41, 5.74) is -2.39. The minimum atomic E-state index is -1.75. The number of allylic oxidation sites excluding steroid dienone is 1. The molecule has 3 saturated heterocycles. The third-order valence-electron chi connectivity index (χ3n) is 7.81. The molecule has 1 saturated carbocycles. The van der Waals surface area contributed by atoms with Gasteiger partial charge in [0, 0.05) is 6.92 Å². The van der Waals surface area contributed by atoms with E-state index in [1.165, 1.54) is 0 Å². The predicted octanol–water partition coefficient (Wildman–Crippen LogP) is 3.28. The average molecular weight is 350 g/mol. The van der Waals surface area contributed by atoms with Crippen LogP contribution in [0.1, 0.15) is 40.5 Å². The number of fused-ring (bicyclic) bond motifs is 5. The molecule has 6 nitrogen and oxygen atoms in total. The lowest BCUT2D eigenvalue weighted by Crippen LogP contribution is -2.75. The van der Waals surface area contributed by atoms with Crippen LogP contribution in [-0.2, 0) is 9.47 Å². The van der Waals surface area contributed by atoms with Gasteiger partial charge in [0.05, 0.1) is 24.1 Å². The normalized spacial score (nSPS) is 46.7. The van der Waals surface area contributed by atoms with E-state index < -0.39 is 28.6 Å². The van der Waals surface area contributed by atoms with Gasteiger partial charge in [0.1, 0.15) is 6.10 Å². The van der Waals surface area contributed by atoms with Crippen molar-refractivity contribution in [2.24, 2.45) is 34.0 Å². The van der Waals surface area contributed by atoms with E-state index in [-0.39, 0.29) is 17.2 Å². The van der Waals surface area contributed by atoms with Crippen molar-refractivity contribution < 1.29 is 9.47 Å². The standard InChI is InChI=1S/C20H22N4O2/c1-11-18(4)25-15(13-6-5-12-7-14(13)17(12,2)3)20(10-23,16(24)26-18)19(11,8-21)9-22/h6,11-12,14-15,24H,5,7H2,1-4H3/t11-,12-,14+,15-,18-,20-/m1/s1. The number of nitriles is 3. The van der Waals surface area contributed by atoms with Crippen molar-refractivity contribution in [3.05, 3.63) is 11.6 Å². The quantitative estimate of drug-likeness (QED) is 0.729. The van der Waals surface area contributed by atoms with E-state index >= 15 is 0 Å². The molecule has 0 aromatic heterocycles. The first-order valence-electron chi connectivity index (χ1n) is 9.04. The maximum absolute atomic E-state index is 10.2. The van der Waals surface area contributed by atoms with Crippen LogP contribution >= 0.6 is 0 Å². The summed E-state index contributed by atoms with van der Waals surface area (Å²) in [6.07, 6.45) is 3.22.